The molecule has 2 aliphatic rings. The summed E-state index contributed by atoms with van der Waals surface area (Å²) in [6.07, 6.45) is 3.31. The molecule has 4 unspecified atom stereocenters. The summed E-state index contributed by atoms with van der Waals surface area (Å²) in [5.74, 6) is 3.97. The fourth-order valence-corrected chi connectivity index (χ4v) is 3.91. The largest absolute Gasteiger partial charge is 0.392 e. The van der Waals surface area contributed by atoms with E-state index in [1.54, 1.807) is 0 Å². The van der Waals surface area contributed by atoms with E-state index in [0.717, 1.165) is 38.7 Å². The van der Waals surface area contributed by atoms with E-state index in [-0.39, 0.29) is 18.4 Å². The molecule has 1 saturated heterocycles. The van der Waals surface area contributed by atoms with Crippen molar-refractivity contribution in [1.29, 1.82) is 0 Å². The molecule has 1 saturated carbocycles. The van der Waals surface area contributed by atoms with Gasteiger partial charge in [0.05, 0.1) is 12.0 Å². The monoisotopic (exact) mass is 308 g/mol. The molecule has 1 heterocycles. The molecule has 6 heteroatoms. The van der Waals surface area contributed by atoms with Crippen molar-refractivity contribution in [2.24, 2.45) is 17.7 Å². The van der Waals surface area contributed by atoms with Crippen molar-refractivity contribution in [2.75, 3.05) is 6.61 Å². The third-order valence-electron chi connectivity index (χ3n) is 5.04. The van der Waals surface area contributed by atoms with Crippen LogP contribution in [0.25, 0.3) is 0 Å². The van der Waals surface area contributed by atoms with Crippen LogP contribution in [0, 0.1) is 11.8 Å². The minimum absolute atomic E-state index is 0.238. The molecule has 0 amide bonds. The Kier molecular flexibility index (Phi) is 6.32. The molecule has 4 atom stereocenters. The number of ether oxygens (including phenoxy) is 1. The quantitative estimate of drug-likeness (QED) is 0.583. The predicted molar refractivity (Wildman–Crippen MR) is 75.4 cm³/mol. The van der Waals surface area contributed by atoms with Crippen molar-refractivity contribution in [2.45, 2.75) is 76.1 Å². The van der Waals surface area contributed by atoms with Crippen LogP contribution in [0.5, 0.6) is 0 Å². The lowest BCUT2D eigenvalue weighted by molar-refractivity contribution is -0.199. The van der Waals surface area contributed by atoms with Crippen LogP contribution >= 0.6 is 0 Å². The van der Waals surface area contributed by atoms with Crippen molar-refractivity contribution in [1.82, 2.24) is 5.43 Å². The number of hydrazine groups is 1. The molecule has 0 radical (unpaired) electrons. The van der Waals surface area contributed by atoms with Crippen molar-refractivity contribution < 1.29 is 17.9 Å². The summed E-state index contributed by atoms with van der Waals surface area (Å²) in [4.78, 5) is 0. The van der Waals surface area contributed by atoms with Crippen LogP contribution in [0.3, 0.4) is 0 Å². The number of hydrogen-bond donors (Lipinski definition) is 2. The maximum atomic E-state index is 13.2. The second kappa shape index (κ2) is 7.79. The van der Waals surface area contributed by atoms with Crippen LogP contribution in [0.4, 0.5) is 13.2 Å². The molecular weight excluding hydrogens is 281 g/mol. The van der Waals surface area contributed by atoms with Crippen LogP contribution in [0.1, 0.15) is 57.8 Å². The second-order valence-corrected chi connectivity index (χ2v) is 6.44. The molecule has 3 nitrogen and oxygen atoms in total. The van der Waals surface area contributed by atoms with Crippen LogP contribution in [-0.4, -0.2) is 24.9 Å². The first-order chi connectivity index (χ1) is 10.0. The maximum absolute atomic E-state index is 13.2. The molecule has 124 valence electrons. The van der Waals surface area contributed by atoms with Crippen LogP contribution in [0.15, 0.2) is 0 Å². The Balaban J connectivity index is 1.85. The Hall–Kier alpha value is -0.330. The molecular formula is C15H27F3N2O. The van der Waals surface area contributed by atoms with E-state index in [1.165, 1.54) is 0 Å². The Morgan fingerprint density at radius 3 is 2.52 bits per heavy atom. The average Bonchev–Trinajstić information content (AvgIpc) is 2.96. The van der Waals surface area contributed by atoms with Gasteiger partial charge in [-0.15, -0.1) is 0 Å². The summed E-state index contributed by atoms with van der Waals surface area (Å²) in [6, 6.07) is -0.238. The highest BCUT2D eigenvalue weighted by molar-refractivity contribution is 4.87. The summed E-state index contributed by atoms with van der Waals surface area (Å²) in [7, 11) is 0. The fourth-order valence-electron chi connectivity index (χ4n) is 3.91. The number of nitrogens with one attached hydrogen (secondary N) is 1. The van der Waals surface area contributed by atoms with E-state index in [4.69, 9.17) is 10.6 Å². The highest BCUT2D eigenvalue weighted by Gasteiger charge is 2.47. The standard InChI is InChI=1S/C15H27F3N2O/c16-15(17,18)13-8-2-1-7-12(13)14(20-19)9-3-5-11-6-4-10-21-11/h11-14,20H,1-10,19H2. The highest BCUT2D eigenvalue weighted by atomic mass is 19.4. The van der Waals surface area contributed by atoms with Gasteiger partial charge in [-0.3, -0.25) is 11.3 Å². The van der Waals surface area contributed by atoms with Gasteiger partial charge in [-0.2, -0.15) is 13.2 Å². The number of rotatable bonds is 6. The van der Waals surface area contributed by atoms with Crippen molar-refractivity contribution in [3.8, 4) is 0 Å². The normalized spacial score (nSPS) is 32.3. The number of hydrogen-bond acceptors (Lipinski definition) is 3. The molecule has 2 fully saturated rings. The summed E-state index contributed by atoms with van der Waals surface area (Å²) >= 11 is 0. The van der Waals surface area contributed by atoms with E-state index in [0.29, 0.717) is 25.4 Å². The second-order valence-electron chi connectivity index (χ2n) is 6.44. The minimum Gasteiger partial charge on any atom is -0.378 e. The van der Waals surface area contributed by atoms with Gasteiger partial charge < -0.3 is 4.74 Å². The van der Waals surface area contributed by atoms with Gasteiger partial charge >= 0.3 is 6.18 Å². The van der Waals surface area contributed by atoms with Crippen molar-refractivity contribution in [3.63, 3.8) is 0 Å². The molecule has 0 spiro atoms. The molecule has 0 aromatic heterocycles. The summed E-state index contributed by atoms with van der Waals surface area (Å²) in [6.45, 7) is 0.821. The first-order valence-corrected chi connectivity index (χ1v) is 8.17. The average molecular weight is 308 g/mol. The van der Waals surface area contributed by atoms with Crippen molar-refractivity contribution in [3.05, 3.63) is 0 Å². The number of alkyl halides is 3. The number of nitrogens with two attached hydrogens (primary N) is 1. The first-order valence-electron chi connectivity index (χ1n) is 8.17. The predicted octanol–water partition coefficient (Wildman–Crippen LogP) is 3.54. The minimum atomic E-state index is -4.10. The maximum Gasteiger partial charge on any atom is 0.392 e. The molecule has 3 N–H and O–H groups in total. The summed E-state index contributed by atoms with van der Waals surface area (Å²) in [5, 5.41) is 0. The van der Waals surface area contributed by atoms with Gasteiger partial charge in [0.1, 0.15) is 0 Å². The summed E-state index contributed by atoms with van der Waals surface area (Å²) in [5.41, 5.74) is 2.66. The topological polar surface area (TPSA) is 47.3 Å². The van der Waals surface area contributed by atoms with E-state index in [9.17, 15) is 13.2 Å². The van der Waals surface area contributed by atoms with Gasteiger partial charge in [-0.1, -0.05) is 12.8 Å². The third kappa shape index (κ3) is 4.83. The lowest BCUT2D eigenvalue weighted by atomic mass is 9.73. The fraction of sp³-hybridized carbons (Fsp3) is 1.00. The van der Waals surface area contributed by atoms with Crippen LogP contribution in [0.2, 0.25) is 0 Å². The van der Waals surface area contributed by atoms with E-state index in [1.807, 2.05) is 0 Å². The van der Waals surface area contributed by atoms with Gasteiger partial charge in [0.15, 0.2) is 0 Å². The zero-order valence-corrected chi connectivity index (χ0v) is 12.5. The van der Waals surface area contributed by atoms with Gasteiger partial charge in [-0.05, 0) is 50.9 Å². The smallest absolute Gasteiger partial charge is 0.378 e. The van der Waals surface area contributed by atoms with E-state index < -0.39 is 12.1 Å². The lowest BCUT2D eigenvalue weighted by Crippen LogP contribution is -2.48. The lowest BCUT2D eigenvalue weighted by Gasteiger charge is -2.38. The van der Waals surface area contributed by atoms with Crippen molar-refractivity contribution >= 4 is 0 Å². The Morgan fingerprint density at radius 2 is 1.90 bits per heavy atom. The van der Waals surface area contributed by atoms with Gasteiger partial charge in [0.25, 0.3) is 0 Å². The molecule has 0 aromatic rings. The van der Waals surface area contributed by atoms with Gasteiger partial charge in [0, 0.05) is 12.6 Å². The Bertz CT molecular complexity index is 306. The molecule has 2 rings (SSSR count). The Labute approximate surface area is 124 Å². The molecule has 21 heavy (non-hydrogen) atoms. The Morgan fingerprint density at radius 1 is 1.14 bits per heavy atom. The van der Waals surface area contributed by atoms with Crippen LogP contribution in [-0.2, 0) is 4.74 Å². The zero-order chi connectivity index (χ0) is 15.3. The molecule has 0 bridgehead atoms. The van der Waals surface area contributed by atoms with Gasteiger partial charge in [0.2, 0.25) is 0 Å². The number of halogens is 3. The zero-order valence-electron chi connectivity index (χ0n) is 12.5. The van der Waals surface area contributed by atoms with Gasteiger partial charge in [-0.25, -0.2) is 0 Å². The first kappa shape index (κ1) is 17.0. The molecule has 1 aliphatic heterocycles. The van der Waals surface area contributed by atoms with E-state index >= 15 is 0 Å². The highest BCUT2D eigenvalue weighted by Crippen LogP contribution is 2.43. The molecule has 1 aliphatic carbocycles. The van der Waals surface area contributed by atoms with Crippen LogP contribution < -0.4 is 11.3 Å². The third-order valence-corrected chi connectivity index (χ3v) is 5.04. The SMILES string of the molecule is NNC(CCCC1CCCO1)C1CCCCC1C(F)(F)F. The molecule has 0 aromatic carbocycles. The summed E-state index contributed by atoms with van der Waals surface area (Å²) < 4.78 is 45.1. The van der Waals surface area contributed by atoms with E-state index in [2.05, 4.69) is 5.43 Å².